The van der Waals surface area contributed by atoms with Crippen LogP contribution in [0.25, 0.3) is 22.5 Å². The summed E-state index contributed by atoms with van der Waals surface area (Å²) in [7, 11) is -3.95. The minimum atomic E-state index is -1.97. The molecule has 6 aromatic rings. The van der Waals surface area contributed by atoms with Crippen molar-refractivity contribution in [3.8, 4) is 22.5 Å². The third-order valence-corrected chi connectivity index (χ3v) is 26.8. The van der Waals surface area contributed by atoms with E-state index < -0.39 is 111 Å². The second-order valence-corrected chi connectivity index (χ2v) is 36.3. The Labute approximate surface area is 514 Å². The van der Waals surface area contributed by atoms with Crippen LogP contribution in [0.1, 0.15) is 125 Å². The van der Waals surface area contributed by atoms with Crippen LogP contribution in [-0.4, -0.2) is 120 Å². The number of aromatic nitrogens is 4. The smallest absolute Gasteiger partial charge is 0.192 e. The van der Waals surface area contributed by atoms with Gasteiger partial charge in [-0.2, -0.15) is 0 Å². The van der Waals surface area contributed by atoms with E-state index in [0.29, 0.717) is 11.1 Å². The van der Waals surface area contributed by atoms with Crippen molar-refractivity contribution < 1.29 is 65.2 Å². The van der Waals surface area contributed by atoms with Gasteiger partial charge in [-0.15, -0.1) is 0 Å². The number of halogens is 6. The molecule has 14 nitrogen and oxygen atoms in total. The number of aliphatic hydroxyl groups excluding tert-OH is 4. The summed E-state index contributed by atoms with van der Waals surface area (Å²) in [5.41, 5.74) is -0.535. The lowest BCUT2D eigenvalue weighted by molar-refractivity contribution is 0.0626. The second-order valence-electron chi connectivity index (χ2n) is 26.8. The highest BCUT2D eigenvalue weighted by atomic mass is 28.4. The van der Waals surface area contributed by atoms with Gasteiger partial charge in [0, 0.05) is 86.3 Å². The molecule has 2 fully saturated rings. The third kappa shape index (κ3) is 15.7. The lowest BCUT2D eigenvalue weighted by atomic mass is 9.87. The van der Waals surface area contributed by atoms with E-state index in [0.717, 1.165) is 74.0 Å². The Morgan fingerprint density at radius 1 is 0.534 bits per heavy atom. The van der Waals surface area contributed by atoms with Gasteiger partial charge in [-0.1, -0.05) is 69.2 Å². The van der Waals surface area contributed by atoms with Gasteiger partial charge in [0.05, 0.1) is 36.5 Å². The highest BCUT2D eigenvalue weighted by molar-refractivity contribution is 6.74. The normalized spacial score (nSPS) is 20.1. The van der Waals surface area contributed by atoms with Gasteiger partial charge in [-0.3, -0.25) is 19.6 Å². The van der Waals surface area contributed by atoms with Gasteiger partial charge in [0.25, 0.3) is 0 Å². The molecular weight excluding hydrogens is 1170 g/mol. The number of hydrogen-bond donors (Lipinski definition) is 4. The number of hydrogen-bond acceptors (Lipinski definition) is 14. The Bertz CT molecular complexity index is 3180. The molecule has 6 heterocycles. The lowest BCUT2D eigenvalue weighted by Gasteiger charge is -2.48. The number of rotatable bonds is 18. The molecule has 22 heteroatoms. The number of aliphatic hydroxyl groups is 4. The lowest BCUT2D eigenvalue weighted by Crippen LogP contribution is -2.54. The molecule has 88 heavy (non-hydrogen) atoms. The first-order valence-electron chi connectivity index (χ1n) is 29.7. The van der Waals surface area contributed by atoms with Crippen LogP contribution in [0.5, 0.6) is 0 Å². The number of benzene rings is 2. The zero-order chi connectivity index (χ0) is 65.1. The third-order valence-electron chi connectivity index (χ3n) is 17.9. The van der Waals surface area contributed by atoms with E-state index in [1.165, 1.54) is 12.1 Å². The Morgan fingerprint density at radius 2 is 0.841 bits per heavy atom. The average Bonchev–Trinajstić information content (AvgIpc) is 2.11. The summed E-state index contributed by atoms with van der Waals surface area (Å²) >= 11 is 0. The van der Waals surface area contributed by atoms with E-state index in [4.69, 9.17) is 19.1 Å². The number of Topliss-reactive ketones (excluding diaryl/α,β-unsaturated/α-hetero) is 2. The maximum absolute atomic E-state index is 14.9. The van der Waals surface area contributed by atoms with Gasteiger partial charge in [0.15, 0.2) is 28.2 Å². The maximum Gasteiger partial charge on any atom is 0.192 e. The highest BCUT2D eigenvalue weighted by Gasteiger charge is 2.45. The molecule has 2 aromatic carbocycles. The average molecular weight is 1260 g/mol. The Kier molecular flexibility index (Phi) is 21.9. The zero-order valence-corrected chi connectivity index (χ0v) is 54.7. The predicted octanol–water partition coefficient (Wildman–Crippen LogP) is 13.0. The van der Waals surface area contributed by atoms with Crippen molar-refractivity contribution >= 4 is 39.6 Å². The van der Waals surface area contributed by atoms with Crippen LogP contribution in [-0.2, 0) is 21.7 Å². The molecule has 476 valence electrons. The zero-order valence-electron chi connectivity index (χ0n) is 52.7. The van der Waals surface area contributed by atoms with Crippen LogP contribution in [0, 0.1) is 58.6 Å². The molecule has 4 N–H and O–H groups in total. The second kappa shape index (κ2) is 27.9. The molecule has 0 aliphatic carbocycles. The molecule has 0 spiro atoms. The molecule has 8 atom stereocenters. The first-order chi connectivity index (χ1) is 41.1. The summed E-state index contributed by atoms with van der Waals surface area (Å²) in [6, 6.07) is 11.2. The van der Waals surface area contributed by atoms with Gasteiger partial charge in [0.1, 0.15) is 69.9 Å². The van der Waals surface area contributed by atoms with Crippen LogP contribution in [0.4, 0.5) is 37.7 Å². The molecule has 0 saturated carbocycles. The number of carbonyl (C=O) groups excluding carboxylic acids is 2. The van der Waals surface area contributed by atoms with E-state index >= 15 is 0 Å². The number of anilines is 2. The van der Waals surface area contributed by atoms with Crippen LogP contribution in [0.2, 0.25) is 36.3 Å². The number of pyridine rings is 4. The quantitative estimate of drug-likeness (QED) is 0.0361. The molecule has 2 aliphatic heterocycles. The fourth-order valence-corrected chi connectivity index (χ4v) is 14.0. The number of piperidine rings is 2. The minimum absolute atomic E-state index is 0.0971. The summed E-state index contributed by atoms with van der Waals surface area (Å²) in [5, 5.41) is 37.9. The standard InChI is InChI=1S/2C33H42F3N3O4Si/c2*1-19-16-39(17-20(2)32(19)43-44(6,7)33(3,4)5)27-10-11-37-15-22(27)14-28(41)26-9-8-23(34)31(38-26)30-24(35)12-21(13-25(30)36)29(42)18-40/h2*8-13,15,19-20,29,32,40,42H,14,16-18H2,1-7H3/t2*19-,20+,29-,32?/m10/s1. The van der Waals surface area contributed by atoms with Gasteiger partial charge >= 0.3 is 0 Å². The van der Waals surface area contributed by atoms with E-state index in [1.54, 1.807) is 24.8 Å². The first-order valence-corrected chi connectivity index (χ1v) is 35.6. The van der Waals surface area contributed by atoms with Crippen molar-refractivity contribution in [2.24, 2.45) is 23.7 Å². The predicted molar refractivity (Wildman–Crippen MR) is 333 cm³/mol. The molecule has 8 rings (SSSR count). The summed E-state index contributed by atoms with van der Waals surface area (Å²) in [5.74, 6) is -6.72. The van der Waals surface area contributed by atoms with Crippen molar-refractivity contribution in [3.05, 3.63) is 154 Å². The monoisotopic (exact) mass is 1260 g/mol. The van der Waals surface area contributed by atoms with Crippen molar-refractivity contribution in [3.63, 3.8) is 0 Å². The van der Waals surface area contributed by atoms with Crippen molar-refractivity contribution in [1.29, 1.82) is 0 Å². The Balaban J connectivity index is 0.000000251. The molecule has 4 aromatic heterocycles. The Hall–Kier alpha value is -6.25. The molecule has 2 saturated heterocycles. The topological polar surface area (TPSA) is 192 Å². The van der Waals surface area contributed by atoms with Gasteiger partial charge in [0.2, 0.25) is 0 Å². The summed E-state index contributed by atoms with van der Waals surface area (Å²) in [4.78, 5) is 47.8. The summed E-state index contributed by atoms with van der Waals surface area (Å²) < 4.78 is 103. The summed E-state index contributed by atoms with van der Waals surface area (Å²) in [6.45, 7) is 32.6. The molecule has 0 amide bonds. The summed E-state index contributed by atoms with van der Waals surface area (Å²) in [6.07, 6.45) is 3.61. The van der Waals surface area contributed by atoms with Crippen LogP contribution < -0.4 is 9.80 Å². The molecule has 0 radical (unpaired) electrons. The fraction of sp³-hybridized carbons (Fsp3) is 0.485. The van der Waals surface area contributed by atoms with Crippen molar-refractivity contribution in [1.82, 2.24) is 19.9 Å². The number of carbonyl (C=O) groups is 2. The van der Waals surface area contributed by atoms with Crippen molar-refractivity contribution in [2.45, 2.75) is 143 Å². The largest absolute Gasteiger partial charge is 0.413 e. The van der Waals surface area contributed by atoms with Gasteiger partial charge in [-0.25, -0.2) is 36.3 Å². The maximum atomic E-state index is 14.9. The molecule has 2 aliphatic rings. The minimum Gasteiger partial charge on any atom is -0.413 e. The molecule has 0 bridgehead atoms. The highest BCUT2D eigenvalue weighted by Crippen LogP contribution is 2.43. The van der Waals surface area contributed by atoms with Crippen molar-refractivity contribution in [2.75, 3.05) is 49.2 Å². The van der Waals surface area contributed by atoms with E-state index in [2.05, 4.69) is 125 Å². The Morgan fingerprint density at radius 3 is 1.12 bits per heavy atom. The number of nitrogens with zero attached hydrogens (tertiary/aromatic N) is 6. The molecule has 2 unspecified atom stereocenters. The van der Waals surface area contributed by atoms with E-state index in [1.807, 2.05) is 12.1 Å². The van der Waals surface area contributed by atoms with Crippen LogP contribution >= 0.6 is 0 Å². The molecular formula is C66H84F6N6O8Si2. The van der Waals surface area contributed by atoms with Crippen LogP contribution in [0.3, 0.4) is 0 Å². The van der Waals surface area contributed by atoms with E-state index in [9.17, 15) is 46.1 Å². The fourth-order valence-electron chi connectivity index (χ4n) is 11.0. The van der Waals surface area contributed by atoms with E-state index in [-0.39, 0.29) is 81.3 Å². The SMILES string of the molecule is C[C@@H]1CN(c2ccncc2CC(=O)c2ccc(F)c(-c3c(F)cc([C@@H](O)CO)cc3F)n2)C[C@H](C)C1O[Si](C)(C)C(C)(C)C.C[C@@H]1CN(c2ccncc2CC(=O)c2ccc(F)c(-c3c(F)cc([C@H](O)CO)cc3F)n2)C[C@H](C)C1O[Si](C)(C)C(C)(C)C. The van der Waals surface area contributed by atoms with Gasteiger partial charge < -0.3 is 39.1 Å². The van der Waals surface area contributed by atoms with Gasteiger partial charge in [-0.05, 0) is 132 Å². The van der Waals surface area contributed by atoms with Crippen LogP contribution in [0.15, 0.2) is 85.5 Å². The first kappa shape index (κ1) is 69.2. The number of ketones is 2.